The van der Waals surface area contributed by atoms with E-state index in [9.17, 15) is 13.2 Å². The summed E-state index contributed by atoms with van der Waals surface area (Å²) >= 11 is 0. The average Bonchev–Trinajstić information content (AvgIpc) is 3.29. The van der Waals surface area contributed by atoms with Crippen LogP contribution in [0.4, 0.5) is 5.69 Å². The van der Waals surface area contributed by atoms with Gasteiger partial charge in [0.1, 0.15) is 0 Å². The number of amides is 1. The fourth-order valence-electron chi connectivity index (χ4n) is 3.49. The molecule has 0 unspecified atom stereocenters. The summed E-state index contributed by atoms with van der Waals surface area (Å²) in [5.74, 6) is 1.03. The first-order valence-electron chi connectivity index (χ1n) is 9.96. The Hall–Kier alpha value is -2.58. The predicted octanol–water partition coefficient (Wildman–Crippen LogP) is 3.37. The van der Waals surface area contributed by atoms with Crippen LogP contribution in [0.25, 0.3) is 0 Å². The van der Waals surface area contributed by atoms with Crippen LogP contribution < -0.4 is 14.8 Å². The summed E-state index contributed by atoms with van der Waals surface area (Å²) in [6.07, 6.45) is 2.62. The Morgan fingerprint density at radius 3 is 2.23 bits per heavy atom. The Labute approximate surface area is 178 Å². The van der Waals surface area contributed by atoms with Crippen molar-refractivity contribution in [3.05, 3.63) is 47.5 Å². The molecule has 3 rings (SSSR count). The van der Waals surface area contributed by atoms with Gasteiger partial charge < -0.3 is 14.8 Å². The Bertz CT molecular complexity index is 997. The summed E-state index contributed by atoms with van der Waals surface area (Å²) in [5.41, 5.74) is 2.46. The van der Waals surface area contributed by atoms with E-state index >= 15 is 0 Å². The van der Waals surface area contributed by atoms with Gasteiger partial charge in [0.15, 0.2) is 11.5 Å². The van der Waals surface area contributed by atoms with Crippen LogP contribution in [0.1, 0.15) is 30.4 Å². The van der Waals surface area contributed by atoms with E-state index in [2.05, 4.69) is 5.32 Å². The highest BCUT2D eigenvalue weighted by molar-refractivity contribution is 7.89. The molecule has 2 aromatic carbocycles. The van der Waals surface area contributed by atoms with E-state index in [0.717, 1.165) is 24.0 Å². The molecule has 0 aromatic heterocycles. The van der Waals surface area contributed by atoms with Crippen LogP contribution in [0, 0.1) is 6.92 Å². The van der Waals surface area contributed by atoms with Crippen LogP contribution in [0.5, 0.6) is 11.5 Å². The molecule has 1 amide bonds. The van der Waals surface area contributed by atoms with Crippen molar-refractivity contribution in [3.63, 3.8) is 0 Å². The van der Waals surface area contributed by atoms with Gasteiger partial charge in [0.05, 0.1) is 19.1 Å². The number of carbonyl (C=O) groups is 1. The van der Waals surface area contributed by atoms with Crippen molar-refractivity contribution in [2.45, 2.75) is 37.5 Å². The number of ether oxygens (including phenoxy) is 2. The van der Waals surface area contributed by atoms with Crippen LogP contribution in [0.3, 0.4) is 0 Å². The number of nitrogens with zero attached hydrogens (tertiary/aromatic N) is 1. The number of benzene rings is 2. The summed E-state index contributed by atoms with van der Waals surface area (Å²) < 4.78 is 37.3. The molecule has 0 bridgehead atoms. The fraction of sp³-hybridized carbons (Fsp3) is 0.409. The van der Waals surface area contributed by atoms with Gasteiger partial charge in [-0.2, -0.15) is 4.31 Å². The highest BCUT2D eigenvalue weighted by Gasteiger charge is 2.26. The lowest BCUT2D eigenvalue weighted by Gasteiger charge is -2.15. The van der Waals surface area contributed by atoms with E-state index in [1.807, 2.05) is 13.0 Å². The van der Waals surface area contributed by atoms with E-state index in [1.165, 1.54) is 4.31 Å². The first kappa shape index (κ1) is 22.1. The third-order valence-corrected chi connectivity index (χ3v) is 7.18. The van der Waals surface area contributed by atoms with Crippen molar-refractivity contribution in [2.24, 2.45) is 0 Å². The number of nitrogens with one attached hydrogen (secondary N) is 1. The Morgan fingerprint density at radius 2 is 1.63 bits per heavy atom. The third kappa shape index (κ3) is 4.94. The molecule has 8 heteroatoms. The Morgan fingerprint density at radius 1 is 1.03 bits per heavy atom. The molecule has 0 aliphatic carbocycles. The molecule has 1 heterocycles. The van der Waals surface area contributed by atoms with Gasteiger partial charge >= 0.3 is 0 Å². The maximum absolute atomic E-state index is 12.6. The molecule has 1 aliphatic heterocycles. The zero-order chi connectivity index (χ0) is 21.7. The van der Waals surface area contributed by atoms with Crippen LogP contribution in [-0.2, 0) is 21.2 Å². The summed E-state index contributed by atoms with van der Waals surface area (Å²) in [5, 5.41) is 2.90. The first-order valence-corrected chi connectivity index (χ1v) is 11.4. The molecule has 7 nitrogen and oxygen atoms in total. The number of methoxy groups -OCH3 is 2. The molecule has 0 atom stereocenters. The number of hydrogen-bond acceptors (Lipinski definition) is 5. The van der Waals surface area contributed by atoms with Crippen molar-refractivity contribution < 1.29 is 22.7 Å². The van der Waals surface area contributed by atoms with Gasteiger partial charge in [-0.15, -0.1) is 0 Å². The highest BCUT2D eigenvalue weighted by atomic mass is 32.2. The lowest BCUT2D eigenvalue weighted by atomic mass is 10.1. The van der Waals surface area contributed by atoms with Gasteiger partial charge in [0.25, 0.3) is 0 Å². The molecular weight excluding hydrogens is 404 g/mol. The summed E-state index contributed by atoms with van der Waals surface area (Å²) in [6.45, 7) is 3.05. The maximum atomic E-state index is 12.6. The van der Waals surface area contributed by atoms with Gasteiger partial charge in [-0.1, -0.05) is 12.1 Å². The standard InChI is InChI=1S/C22H28N2O5S/c1-16-14-20(28-2)21(29-3)15-19(16)23-22(25)11-8-17-6-9-18(10-7-17)30(26,27)24-12-4-5-13-24/h6-7,9-10,14-15H,4-5,8,11-13H2,1-3H3,(H,23,25). The molecular formula is C22H28N2O5S. The smallest absolute Gasteiger partial charge is 0.243 e. The number of carbonyl (C=O) groups excluding carboxylic acids is 1. The van der Waals surface area contributed by atoms with E-state index in [0.29, 0.717) is 41.6 Å². The molecule has 1 aliphatic rings. The van der Waals surface area contributed by atoms with Gasteiger partial charge in [0.2, 0.25) is 15.9 Å². The maximum Gasteiger partial charge on any atom is 0.243 e. The van der Waals surface area contributed by atoms with E-state index in [4.69, 9.17) is 9.47 Å². The normalized spacial score (nSPS) is 14.5. The molecule has 1 saturated heterocycles. The largest absolute Gasteiger partial charge is 0.493 e. The van der Waals surface area contributed by atoms with E-state index < -0.39 is 10.0 Å². The minimum absolute atomic E-state index is 0.126. The van der Waals surface area contributed by atoms with Crippen molar-refractivity contribution in [3.8, 4) is 11.5 Å². The van der Waals surface area contributed by atoms with Gasteiger partial charge in [-0.25, -0.2) is 8.42 Å². The van der Waals surface area contributed by atoms with Gasteiger partial charge in [0, 0.05) is 31.3 Å². The van der Waals surface area contributed by atoms with Crippen LogP contribution in [-0.4, -0.2) is 45.9 Å². The topological polar surface area (TPSA) is 84.9 Å². The monoisotopic (exact) mass is 432 g/mol. The van der Waals surface area contributed by atoms with Crippen molar-refractivity contribution in [1.29, 1.82) is 0 Å². The van der Waals surface area contributed by atoms with Gasteiger partial charge in [-0.05, 0) is 55.5 Å². The zero-order valence-electron chi connectivity index (χ0n) is 17.6. The fourth-order valence-corrected chi connectivity index (χ4v) is 5.01. The Kier molecular flexibility index (Phi) is 6.99. The molecule has 0 radical (unpaired) electrons. The summed E-state index contributed by atoms with van der Waals surface area (Å²) in [4.78, 5) is 12.7. The molecule has 1 fully saturated rings. The SMILES string of the molecule is COc1cc(C)c(NC(=O)CCc2ccc(S(=O)(=O)N3CCCC3)cc2)cc1OC. The van der Waals surface area contributed by atoms with Crippen LogP contribution in [0.2, 0.25) is 0 Å². The van der Waals surface area contributed by atoms with E-state index in [1.54, 1.807) is 44.6 Å². The molecule has 30 heavy (non-hydrogen) atoms. The minimum Gasteiger partial charge on any atom is -0.493 e. The van der Waals surface area contributed by atoms with Crippen molar-refractivity contribution >= 4 is 21.6 Å². The number of anilines is 1. The highest BCUT2D eigenvalue weighted by Crippen LogP contribution is 2.33. The third-order valence-electron chi connectivity index (χ3n) is 5.27. The van der Waals surface area contributed by atoms with Crippen molar-refractivity contribution in [2.75, 3.05) is 32.6 Å². The van der Waals surface area contributed by atoms with E-state index in [-0.39, 0.29) is 12.3 Å². The Balaban J connectivity index is 1.60. The minimum atomic E-state index is -3.41. The van der Waals surface area contributed by atoms with Crippen LogP contribution in [0.15, 0.2) is 41.3 Å². The second-order valence-corrected chi connectivity index (χ2v) is 9.26. The lowest BCUT2D eigenvalue weighted by Crippen LogP contribution is -2.27. The average molecular weight is 433 g/mol. The van der Waals surface area contributed by atoms with Gasteiger partial charge in [-0.3, -0.25) is 4.79 Å². The van der Waals surface area contributed by atoms with Crippen LogP contribution >= 0.6 is 0 Å². The quantitative estimate of drug-likeness (QED) is 0.691. The number of sulfonamides is 1. The summed E-state index contributed by atoms with van der Waals surface area (Å²) in [7, 11) is -0.298. The second kappa shape index (κ2) is 9.49. The second-order valence-electron chi connectivity index (χ2n) is 7.33. The lowest BCUT2D eigenvalue weighted by molar-refractivity contribution is -0.116. The molecule has 1 N–H and O–H groups in total. The number of hydrogen-bond donors (Lipinski definition) is 1. The molecule has 0 saturated carbocycles. The molecule has 162 valence electrons. The molecule has 0 spiro atoms. The summed E-state index contributed by atoms with van der Waals surface area (Å²) in [6, 6.07) is 10.4. The van der Waals surface area contributed by atoms with Crippen molar-refractivity contribution in [1.82, 2.24) is 4.31 Å². The number of rotatable bonds is 8. The predicted molar refractivity (Wildman–Crippen MR) is 116 cm³/mol. The zero-order valence-corrected chi connectivity index (χ0v) is 18.4. The molecule has 2 aromatic rings. The first-order chi connectivity index (χ1) is 14.3. The number of aryl methyl sites for hydroxylation is 2.